The fraction of sp³-hybridized carbons (Fsp3) is 0.393. The van der Waals surface area contributed by atoms with E-state index in [0.717, 1.165) is 17.5 Å². The number of aromatic carboxylic acids is 1. The molecule has 33 heavy (non-hydrogen) atoms. The number of fused-ring (bicyclic) bond motifs is 1. The summed E-state index contributed by atoms with van der Waals surface area (Å²) < 4.78 is 0. The Hall–Kier alpha value is -2.36. The first-order valence-electron chi connectivity index (χ1n) is 11.6. The predicted octanol–water partition coefficient (Wildman–Crippen LogP) is 5.89. The molecule has 4 nitrogen and oxygen atoms in total. The Labute approximate surface area is 209 Å². The first-order valence-corrected chi connectivity index (χ1v) is 11.6. The number of hydrogen-bond acceptors (Lipinski definition) is 3. The standard InChI is InChI=1S/C22H24N.C6H5NO2.Ir/c1-22(2)18-10-17-11-21(23-13-19(17)20(22)12-18)16-8-7-14-5-3-4-6-15(14)9-16;8-6(9)5-3-1-2-4-7-5;/h7,9,11,13,18,20H,3-6,10,12H2,1-2H3;1-4H,(H,8,9);/q-1;;. The molecule has 3 aromatic rings. The summed E-state index contributed by atoms with van der Waals surface area (Å²) in [6.45, 7) is 4.86. The van der Waals surface area contributed by atoms with Crippen LogP contribution in [0.3, 0.4) is 0 Å². The Morgan fingerprint density at radius 1 is 1.09 bits per heavy atom. The molecular weight excluding hydrogens is 589 g/mol. The van der Waals surface area contributed by atoms with Gasteiger partial charge in [0, 0.05) is 32.5 Å². The van der Waals surface area contributed by atoms with Crippen LogP contribution in [0.1, 0.15) is 71.8 Å². The number of carbonyl (C=O) groups is 1. The molecule has 2 atom stereocenters. The molecule has 2 heterocycles. The molecule has 2 aromatic heterocycles. The van der Waals surface area contributed by atoms with Crippen molar-refractivity contribution in [2.24, 2.45) is 11.3 Å². The van der Waals surface area contributed by atoms with Crippen molar-refractivity contribution in [3.63, 3.8) is 0 Å². The molecule has 173 valence electrons. The van der Waals surface area contributed by atoms with Gasteiger partial charge in [0.1, 0.15) is 5.69 Å². The van der Waals surface area contributed by atoms with Crippen LogP contribution in [0, 0.1) is 17.4 Å². The number of carboxylic acid groups (broad SMARTS) is 1. The van der Waals surface area contributed by atoms with Gasteiger partial charge in [-0.1, -0.05) is 45.2 Å². The van der Waals surface area contributed by atoms with Gasteiger partial charge in [0.05, 0.1) is 0 Å². The second kappa shape index (κ2) is 9.48. The van der Waals surface area contributed by atoms with Crippen molar-refractivity contribution < 1.29 is 30.0 Å². The van der Waals surface area contributed by atoms with Gasteiger partial charge >= 0.3 is 5.97 Å². The third-order valence-electron chi connectivity index (χ3n) is 7.77. The van der Waals surface area contributed by atoms with Crippen molar-refractivity contribution in [2.45, 2.75) is 58.3 Å². The van der Waals surface area contributed by atoms with Gasteiger partial charge in [-0.3, -0.25) is 0 Å². The molecule has 1 N–H and O–H groups in total. The second-order valence-electron chi connectivity index (χ2n) is 9.90. The number of aromatic nitrogens is 2. The van der Waals surface area contributed by atoms with Gasteiger partial charge in [-0.25, -0.2) is 9.78 Å². The van der Waals surface area contributed by atoms with E-state index < -0.39 is 5.97 Å². The molecule has 0 amide bonds. The number of carboxylic acids is 1. The SMILES string of the molecule is CC1(C)C2Cc3cc(-c4[c-]cc5c(c4)CCCC5)ncc3C1C2.O=C(O)c1ccccn1.[Ir]. The molecule has 0 saturated heterocycles. The molecular formula is C28H29IrN2O2-. The van der Waals surface area contributed by atoms with Gasteiger partial charge in [-0.2, -0.15) is 0 Å². The molecule has 2 bridgehead atoms. The number of pyridine rings is 2. The minimum Gasteiger partial charge on any atom is -0.477 e. The van der Waals surface area contributed by atoms with Crippen LogP contribution in [0.15, 0.2) is 48.8 Å². The zero-order valence-corrected chi connectivity index (χ0v) is 21.5. The summed E-state index contributed by atoms with van der Waals surface area (Å²) in [7, 11) is 0. The summed E-state index contributed by atoms with van der Waals surface area (Å²) >= 11 is 0. The summed E-state index contributed by atoms with van der Waals surface area (Å²) in [4.78, 5) is 18.5. The van der Waals surface area contributed by atoms with Crippen LogP contribution in [0.5, 0.6) is 0 Å². The topological polar surface area (TPSA) is 63.1 Å². The average molecular weight is 618 g/mol. The molecule has 2 unspecified atom stereocenters. The third kappa shape index (κ3) is 4.54. The Balaban J connectivity index is 0.000000221. The quantitative estimate of drug-likeness (QED) is 0.365. The van der Waals surface area contributed by atoms with E-state index >= 15 is 0 Å². The molecule has 7 rings (SSSR count). The van der Waals surface area contributed by atoms with Gasteiger partial charge in [0.2, 0.25) is 0 Å². The molecule has 0 spiro atoms. The van der Waals surface area contributed by atoms with E-state index in [1.807, 2.05) is 0 Å². The van der Waals surface area contributed by atoms with Crippen LogP contribution in [-0.2, 0) is 39.4 Å². The van der Waals surface area contributed by atoms with Crippen LogP contribution in [0.25, 0.3) is 11.3 Å². The molecule has 0 aliphatic heterocycles. The van der Waals surface area contributed by atoms with Crippen molar-refractivity contribution in [1.29, 1.82) is 0 Å². The number of benzene rings is 1. The summed E-state index contributed by atoms with van der Waals surface area (Å²) in [5.74, 6) is 0.601. The third-order valence-corrected chi connectivity index (χ3v) is 7.77. The largest absolute Gasteiger partial charge is 0.477 e. The van der Waals surface area contributed by atoms with E-state index in [-0.39, 0.29) is 25.8 Å². The van der Waals surface area contributed by atoms with E-state index in [1.165, 1.54) is 73.0 Å². The average Bonchev–Trinajstić information content (AvgIpc) is 2.83. The Morgan fingerprint density at radius 2 is 1.88 bits per heavy atom. The van der Waals surface area contributed by atoms with Gasteiger partial charge < -0.3 is 10.1 Å². The molecule has 1 saturated carbocycles. The summed E-state index contributed by atoms with van der Waals surface area (Å²) in [6.07, 6.45) is 11.3. The number of nitrogens with zero attached hydrogens (tertiary/aromatic N) is 2. The molecule has 1 radical (unpaired) electrons. The molecule has 4 aliphatic carbocycles. The van der Waals surface area contributed by atoms with Crippen LogP contribution in [0.2, 0.25) is 0 Å². The first kappa shape index (κ1) is 23.8. The van der Waals surface area contributed by atoms with E-state index in [1.54, 1.807) is 17.7 Å². The monoisotopic (exact) mass is 618 g/mol. The maximum Gasteiger partial charge on any atom is 0.354 e. The Kier molecular flexibility index (Phi) is 6.83. The molecule has 1 fully saturated rings. The summed E-state index contributed by atoms with van der Waals surface area (Å²) in [6, 6.07) is 15.2. The van der Waals surface area contributed by atoms with E-state index in [4.69, 9.17) is 10.1 Å². The van der Waals surface area contributed by atoms with Crippen LogP contribution in [-0.4, -0.2) is 21.0 Å². The fourth-order valence-corrected chi connectivity index (χ4v) is 5.60. The molecule has 1 aromatic carbocycles. The van der Waals surface area contributed by atoms with E-state index in [9.17, 15) is 4.79 Å². The predicted molar refractivity (Wildman–Crippen MR) is 125 cm³/mol. The minimum absolute atomic E-state index is 0. The van der Waals surface area contributed by atoms with Crippen molar-refractivity contribution in [2.75, 3.05) is 0 Å². The van der Waals surface area contributed by atoms with Crippen molar-refractivity contribution in [3.05, 3.63) is 82.8 Å². The van der Waals surface area contributed by atoms with Gasteiger partial charge in [-0.05, 0) is 65.5 Å². The van der Waals surface area contributed by atoms with Gasteiger partial charge in [0.25, 0.3) is 0 Å². The van der Waals surface area contributed by atoms with Crippen LogP contribution < -0.4 is 0 Å². The Morgan fingerprint density at radius 3 is 2.55 bits per heavy atom. The van der Waals surface area contributed by atoms with Crippen molar-refractivity contribution in [3.8, 4) is 11.3 Å². The number of hydrogen-bond donors (Lipinski definition) is 1. The second-order valence-corrected chi connectivity index (χ2v) is 9.90. The fourth-order valence-electron chi connectivity index (χ4n) is 5.60. The molecule has 4 aliphatic rings. The summed E-state index contributed by atoms with van der Waals surface area (Å²) in [5, 5.41) is 8.32. The zero-order chi connectivity index (χ0) is 22.3. The van der Waals surface area contributed by atoms with Gasteiger partial charge in [-0.15, -0.1) is 34.9 Å². The number of rotatable bonds is 2. The molecule has 5 heteroatoms. The number of aryl methyl sites for hydroxylation is 2. The van der Waals surface area contributed by atoms with Gasteiger partial charge in [0.15, 0.2) is 0 Å². The smallest absolute Gasteiger partial charge is 0.354 e. The van der Waals surface area contributed by atoms with Crippen molar-refractivity contribution in [1.82, 2.24) is 9.97 Å². The van der Waals surface area contributed by atoms with E-state index in [0.29, 0.717) is 5.41 Å². The maximum atomic E-state index is 10.1. The summed E-state index contributed by atoms with van der Waals surface area (Å²) in [5.41, 5.74) is 8.95. The van der Waals surface area contributed by atoms with Crippen LogP contribution >= 0.6 is 0 Å². The normalized spacial score (nSPS) is 21.2. The first-order chi connectivity index (χ1) is 15.4. The van der Waals surface area contributed by atoms with Crippen LogP contribution in [0.4, 0.5) is 0 Å². The zero-order valence-electron chi connectivity index (χ0n) is 19.1. The van der Waals surface area contributed by atoms with Crippen molar-refractivity contribution >= 4 is 5.97 Å². The maximum absolute atomic E-state index is 10.1. The Bertz CT molecular complexity index is 1160. The minimum atomic E-state index is -0.990. The van der Waals surface area contributed by atoms with E-state index in [2.05, 4.69) is 49.3 Å².